The second-order valence-corrected chi connectivity index (χ2v) is 7.37. The highest BCUT2D eigenvalue weighted by molar-refractivity contribution is 6.67. The van der Waals surface area contributed by atoms with Crippen LogP contribution in [0.5, 0.6) is 0 Å². The third-order valence-corrected chi connectivity index (χ3v) is 1.85. The van der Waals surface area contributed by atoms with Crippen LogP contribution in [0, 0.1) is 0 Å². The van der Waals surface area contributed by atoms with Gasteiger partial charge in [0.05, 0.1) is 0 Å². The van der Waals surface area contributed by atoms with Crippen LogP contribution in [0.25, 0.3) is 0 Å². The molecule has 0 aliphatic heterocycles. The Bertz CT molecular complexity index is 402. The molecule has 0 rings (SSSR count). The first kappa shape index (κ1) is 20.1. The number of hydrogen-bond donors (Lipinski definition) is 1. The third kappa shape index (κ3) is 11.4. The van der Waals surface area contributed by atoms with Gasteiger partial charge in [-0.05, 0) is 20.8 Å². The molecule has 1 unspecified atom stereocenters. The van der Waals surface area contributed by atoms with Crippen LogP contribution in [0.1, 0.15) is 27.7 Å². The Labute approximate surface area is 137 Å². The van der Waals surface area contributed by atoms with Gasteiger partial charge in [-0.15, -0.1) is 0 Å². The van der Waals surface area contributed by atoms with Crippen LogP contribution in [0.4, 0.5) is 4.79 Å². The SMILES string of the molecule is CC(=O)OC(NC(=O)OC(C)(C)C)C(=O)OCC(Cl)(Cl)Cl. The molecule has 0 aromatic carbocycles. The van der Waals surface area contributed by atoms with Crippen molar-refractivity contribution in [2.24, 2.45) is 0 Å². The molecule has 1 amide bonds. The minimum atomic E-state index is -1.83. The number of alkyl carbamates (subject to hydrolysis) is 1. The second-order valence-electron chi connectivity index (χ2n) is 4.86. The maximum Gasteiger partial charge on any atom is 0.410 e. The van der Waals surface area contributed by atoms with Crippen LogP contribution in [-0.4, -0.2) is 40.3 Å². The Kier molecular flexibility index (Phi) is 7.56. The fraction of sp³-hybridized carbons (Fsp3) is 0.727. The van der Waals surface area contributed by atoms with Crippen molar-refractivity contribution in [3.05, 3.63) is 0 Å². The quantitative estimate of drug-likeness (QED) is 0.356. The van der Waals surface area contributed by atoms with E-state index in [0.717, 1.165) is 6.92 Å². The number of rotatable bonds is 4. The molecule has 21 heavy (non-hydrogen) atoms. The summed E-state index contributed by atoms with van der Waals surface area (Å²) in [7, 11) is 0. The molecule has 0 fully saturated rings. The average Bonchev–Trinajstić information content (AvgIpc) is 2.20. The second kappa shape index (κ2) is 7.91. The molecule has 7 nitrogen and oxygen atoms in total. The van der Waals surface area contributed by atoms with Crippen molar-refractivity contribution in [3.8, 4) is 0 Å². The van der Waals surface area contributed by atoms with Crippen LogP contribution in [0.2, 0.25) is 0 Å². The molecule has 0 aliphatic carbocycles. The Hall–Kier alpha value is -0.920. The maximum atomic E-state index is 11.7. The summed E-state index contributed by atoms with van der Waals surface area (Å²) in [6.45, 7) is 5.33. The van der Waals surface area contributed by atoms with Crippen molar-refractivity contribution < 1.29 is 28.6 Å². The molecule has 10 heteroatoms. The van der Waals surface area contributed by atoms with Crippen LogP contribution in [-0.2, 0) is 23.8 Å². The van der Waals surface area contributed by atoms with E-state index < -0.39 is 40.3 Å². The van der Waals surface area contributed by atoms with E-state index in [1.165, 1.54) is 0 Å². The third-order valence-electron chi connectivity index (χ3n) is 1.52. The van der Waals surface area contributed by atoms with Gasteiger partial charge in [-0.3, -0.25) is 10.1 Å². The van der Waals surface area contributed by atoms with Crippen LogP contribution < -0.4 is 5.32 Å². The molecule has 0 spiro atoms. The number of esters is 2. The molecule has 0 aromatic heterocycles. The summed E-state index contributed by atoms with van der Waals surface area (Å²) in [5, 5.41) is 2.03. The van der Waals surface area contributed by atoms with Gasteiger partial charge in [0.1, 0.15) is 12.2 Å². The first-order valence-corrected chi connectivity index (χ1v) is 6.83. The van der Waals surface area contributed by atoms with Gasteiger partial charge in [-0.1, -0.05) is 34.8 Å². The van der Waals surface area contributed by atoms with E-state index in [9.17, 15) is 14.4 Å². The van der Waals surface area contributed by atoms with Crippen molar-refractivity contribution in [1.82, 2.24) is 5.32 Å². The molecular weight excluding hydrogens is 348 g/mol. The predicted octanol–water partition coefficient (Wildman–Crippen LogP) is 2.31. The minimum Gasteiger partial charge on any atom is -0.457 e. The summed E-state index contributed by atoms with van der Waals surface area (Å²) >= 11 is 16.2. The number of alkyl halides is 3. The molecule has 0 saturated carbocycles. The summed E-state index contributed by atoms with van der Waals surface area (Å²) in [5.41, 5.74) is -0.799. The topological polar surface area (TPSA) is 90.9 Å². The number of carbonyl (C=O) groups is 3. The molecule has 0 aromatic rings. The molecule has 122 valence electrons. The highest BCUT2D eigenvalue weighted by atomic mass is 35.6. The lowest BCUT2D eigenvalue weighted by Gasteiger charge is -2.23. The molecule has 0 saturated heterocycles. The Balaban J connectivity index is 4.68. The smallest absolute Gasteiger partial charge is 0.410 e. The monoisotopic (exact) mass is 363 g/mol. The highest BCUT2D eigenvalue weighted by Gasteiger charge is 2.30. The van der Waals surface area contributed by atoms with E-state index in [2.05, 4.69) is 9.47 Å². The zero-order chi connectivity index (χ0) is 16.8. The number of hydrogen-bond acceptors (Lipinski definition) is 6. The first-order chi connectivity index (χ1) is 9.30. The Morgan fingerprint density at radius 2 is 1.67 bits per heavy atom. The number of ether oxygens (including phenoxy) is 3. The minimum absolute atomic E-state index is 0.579. The van der Waals surface area contributed by atoms with Gasteiger partial charge < -0.3 is 14.2 Å². The molecule has 1 atom stereocenters. The summed E-state index contributed by atoms with van der Waals surface area (Å²) in [6.07, 6.45) is -2.68. The lowest BCUT2D eigenvalue weighted by Crippen LogP contribution is -2.47. The zero-order valence-electron chi connectivity index (χ0n) is 11.9. The average molecular weight is 365 g/mol. The van der Waals surface area contributed by atoms with Crippen molar-refractivity contribution in [3.63, 3.8) is 0 Å². The summed E-state index contributed by atoms with van der Waals surface area (Å²) in [6, 6.07) is 0. The normalized spacial score (nSPS) is 13.1. The predicted molar refractivity (Wildman–Crippen MR) is 76.2 cm³/mol. The van der Waals surface area contributed by atoms with E-state index in [0.29, 0.717) is 0 Å². The van der Waals surface area contributed by atoms with Crippen molar-refractivity contribution in [2.45, 2.75) is 43.3 Å². The van der Waals surface area contributed by atoms with Gasteiger partial charge in [0.15, 0.2) is 0 Å². The van der Waals surface area contributed by atoms with E-state index in [1.54, 1.807) is 20.8 Å². The summed E-state index contributed by atoms with van der Waals surface area (Å²) < 4.78 is 12.3. The van der Waals surface area contributed by atoms with Crippen molar-refractivity contribution >= 4 is 52.8 Å². The molecule has 0 heterocycles. The van der Waals surface area contributed by atoms with E-state index in [4.69, 9.17) is 39.5 Å². The lowest BCUT2D eigenvalue weighted by atomic mass is 10.2. The van der Waals surface area contributed by atoms with E-state index >= 15 is 0 Å². The fourth-order valence-corrected chi connectivity index (χ4v) is 1.11. The van der Waals surface area contributed by atoms with Gasteiger partial charge in [0, 0.05) is 6.92 Å². The van der Waals surface area contributed by atoms with Gasteiger partial charge in [-0.25, -0.2) is 9.59 Å². The molecular formula is C11H16Cl3NO6. The van der Waals surface area contributed by atoms with Crippen LogP contribution in [0.15, 0.2) is 0 Å². The molecule has 0 radical (unpaired) electrons. The summed E-state index contributed by atoms with van der Waals surface area (Å²) in [5.74, 6) is -1.93. The van der Waals surface area contributed by atoms with Gasteiger partial charge in [-0.2, -0.15) is 0 Å². The number of amides is 1. The lowest BCUT2D eigenvalue weighted by molar-refractivity contribution is -0.168. The number of halogens is 3. The standard InChI is InChI=1S/C11H16Cl3NO6/c1-6(16)20-7(8(17)19-5-11(12,13)14)15-9(18)21-10(2,3)4/h7H,5H2,1-4H3,(H,15,18). The number of nitrogens with one attached hydrogen (secondary N) is 1. The molecule has 0 aliphatic rings. The van der Waals surface area contributed by atoms with Gasteiger partial charge in [0.2, 0.25) is 3.79 Å². The maximum absolute atomic E-state index is 11.7. The summed E-state index contributed by atoms with van der Waals surface area (Å²) in [4.78, 5) is 34.2. The van der Waals surface area contributed by atoms with Crippen LogP contribution in [0.3, 0.4) is 0 Å². The zero-order valence-corrected chi connectivity index (χ0v) is 14.1. The molecule has 1 N–H and O–H groups in total. The van der Waals surface area contributed by atoms with Gasteiger partial charge >= 0.3 is 18.0 Å². The van der Waals surface area contributed by atoms with E-state index in [-0.39, 0.29) is 0 Å². The molecule has 0 bridgehead atoms. The Morgan fingerprint density at radius 3 is 2.05 bits per heavy atom. The fourth-order valence-electron chi connectivity index (χ4n) is 0.946. The first-order valence-electron chi connectivity index (χ1n) is 5.70. The Morgan fingerprint density at radius 1 is 1.14 bits per heavy atom. The van der Waals surface area contributed by atoms with Crippen molar-refractivity contribution in [1.29, 1.82) is 0 Å². The highest BCUT2D eigenvalue weighted by Crippen LogP contribution is 2.26. The van der Waals surface area contributed by atoms with Crippen molar-refractivity contribution in [2.75, 3.05) is 6.61 Å². The number of carbonyl (C=O) groups excluding carboxylic acids is 3. The van der Waals surface area contributed by atoms with Gasteiger partial charge in [0.25, 0.3) is 6.23 Å². The van der Waals surface area contributed by atoms with E-state index in [1.807, 2.05) is 5.32 Å². The largest absolute Gasteiger partial charge is 0.457 e. The van der Waals surface area contributed by atoms with Crippen LogP contribution >= 0.6 is 34.8 Å².